The molecule has 3 N–H and O–H groups in total. The van der Waals surface area contributed by atoms with Gasteiger partial charge in [0.1, 0.15) is 5.82 Å². The van der Waals surface area contributed by atoms with Gasteiger partial charge in [-0.25, -0.2) is 4.98 Å². The van der Waals surface area contributed by atoms with Gasteiger partial charge in [0.25, 0.3) is 0 Å². The Morgan fingerprint density at radius 1 is 1.57 bits per heavy atom. The predicted octanol–water partition coefficient (Wildman–Crippen LogP) is 3.03. The fraction of sp³-hybridized carbons (Fsp3) is 0.500. The predicted molar refractivity (Wildman–Crippen MR) is 64.3 cm³/mol. The summed E-state index contributed by atoms with van der Waals surface area (Å²) in [6, 6.07) is 1.85. The summed E-state index contributed by atoms with van der Waals surface area (Å²) < 4.78 is 0.902. The topological polar surface area (TPSA) is 50.9 Å². The van der Waals surface area contributed by atoms with Crippen molar-refractivity contribution in [2.45, 2.75) is 32.7 Å². The molecule has 0 amide bonds. The lowest BCUT2D eigenvalue weighted by molar-refractivity contribution is 0.544. The molecular formula is C10H16BrN3. The van der Waals surface area contributed by atoms with E-state index in [9.17, 15) is 0 Å². The Labute approximate surface area is 93.2 Å². The van der Waals surface area contributed by atoms with Crippen molar-refractivity contribution in [3.63, 3.8) is 0 Å². The van der Waals surface area contributed by atoms with E-state index in [1.165, 1.54) is 0 Å². The smallest absolute Gasteiger partial charge is 0.140 e. The number of pyridine rings is 1. The van der Waals surface area contributed by atoms with Gasteiger partial charge in [-0.1, -0.05) is 6.92 Å². The van der Waals surface area contributed by atoms with E-state index in [0.717, 1.165) is 16.7 Å². The van der Waals surface area contributed by atoms with Gasteiger partial charge in [-0.05, 0) is 42.3 Å². The van der Waals surface area contributed by atoms with E-state index in [-0.39, 0.29) is 5.54 Å². The lowest BCUT2D eigenvalue weighted by Crippen LogP contribution is -2.30. The summed E-state index contributed by atoms with van der Waals surface area (Å²) >= 11 is 3.42. The highest BCUT2D eigenvalue weighted by Crippen LogP contribution is 2.25. The van der Waals surface area contributed by atoms with Gasteiger partial charge >= 0.3 is 0 Å². The number of rotatable bonds is 3. The molecule has 0 saturated heterocycles. The molecule has 0 aliphatic heterocycles. The molecular weight excluding hydrogens is 242 g/mol. The Balaban J connectivity index is 2.87. The normalized spacial score (nSPS) is 11.4. The number of anilines is 2. The number of nitrogens with one attached hydrogen (secondary N) is 1. The Morgan fingerprint density at radius 3 is 2.71 bits per heavy atom. The number of nitrogens with two attached hydrogens (primary N) is 1. The van der Waals surface area contributed by atoms with Crippen LogP contribution in [0.3, 0.4) is 0 Å². The van der Waals surface area contributed by atoms with Crippen molar-refractivity contribution in [2.24, 2.45) is 0 Å². The molecule has 0 fully saturated rings. The SMILES string of the molecule is CCC(C)(C)Nc1ncc(N)cc1Br. The van der Waals surface area contributed by atoms with E-state index >= 15 is 0 Å². The molecule has 78 valence electrons. The highest BCUT2D eigenvalue weighted by atomic mass is 79.9. The van der Waals surface area contributed by atoms with E-state index in [1.54, 1.807) is 6.20 Å². The van der Waals surface area contributed by atoms with Crippen LogP contribution in [0.2, 0.25) is 0 Å². The zero-order valence-electron chi connectivity index (χ0n) is 8.76. The molecule has 14 heavy (non-hydrogen) atoms. The number of aromatic nitrogens is 1. The fourth-order valence-electron chi connectivity index (χ4n) is 0.954. The summed E-state index contributed by atoms with van der Waals surface area (Å²) in [4.78, 5) is 4.23. The number of halogens is 1. The van der Waals surface area contributed by atoms with Crippen LogP contribution in [-0.2, 0) is 0 Å². The molecule has 0 atom stereocenters. The molecule has 0 unspecified atom stereocenters. The molecule has 0 radical (unpaired) electrons. The average Bonchev–Trinajstić information content (AvgIpc) is 2.10. The van der Waals surface area contributed by atoms with Gasteiger partial charge in [-0.15, -0.1) is 0 Å². The first-order chi connectivity index (χ1) is 6.44. The maximum Gasteiger partial charge on any atom is 0.140 e. The van der Waals surface area contributed by atoms with Crippen LogP contribution < -0.4 is 11.1 Å². The Kier molecular flexibility index (Phi) is 3.37. The molecule has 0 bridgehead atoms. The molecule has 0 aliphatic carbocycles. The van der Waals surface area contributed by atoms with Crippen LogP contribution in [0.4, 0.5) is 11.5 Å². The van der Waals surface area contributed by atoms with Gasteiger partial charge in [0.05, 0.1) is 16.4 Å². The van der Waals surface area contributed by atoms with E-state index in [2.05, 4.69) is 47.0 Å². The lowest BCUT2D eigenvalue weighted by Gasteiger charge is -2.25. The summed E-state index contributed by atoms with van der Waals surface area (Å²) in [5.41, 5.74) is 6.31. The monoisotopic (exact) mass is 257 g/mol. The number of hydrogen-bond acceptors (Lipinski definition) is 3. The number of nitrogen functional groups attached to an aromatic ring is 1. The molecule has 4 heteroatoms. The minimum Gasteiger partial charge on any atom is -0.397 e. The minimum absolute atomic E-state index is 0.0473. The second-order valence-corrected chi connectivity index (χ2v) is 4.82. The summed E-state index contributed by atoms with van der Waals surface area (Å²) in [6.45, 7) is 6.41. The second-order valence-electron chi connectivity index (χ2n) is 3.96. The van der Waals surface area contributed by atoms with Crippen LogP contribution in [0.5, 0.6) is 0 Å². The van der Waals surface area contributed by atoms with Gasteiger partial charge in [0.2, 0.25) is 0 Å². The summed E-state index contributed by atoms with van der Waals surface area (Å²) in [5, 5.41) is 3.35. The van der Waals surface area contributed by atoms with Crippen molar-refractivity contribution in [1.82, 2.24) is 4.98 Å². The summed E-state index contributed by atoms with van der Waals surface area (Å²) in [5.74, 6) is 0.839. The molecule has 0 saturated carbocycles. The van der Waals surface area contributed by atoms with Crippen molar-refractivity contribution in [3.8, 4) is 0 Å². The van der Waals surface area contributed by atoms with Crippen molar-refractivity contribution in [3.05, 3.63) is 16.7 Å². The molecule has 0 aromatic carbocycles. The van der Waals surface area contributed by atoms with E-state index in [4.69, 9.17) is 5.73 Å². The van der Waals surface area contributed by atoms with E-state index in [0.29, 0.717) is 5.69 Å². The van der Waals surface area contributed by atoms with E-state index in [1.807, 2.05) is 6.07 Å². The summed E-state index contributed by atoms with van der Waals surface area (Å²) in [6.07, 6.45) is 2.68. The van der Waals surface area contributed by atoms with Crippen LogP contribution >= 0.6 is 15.9 Å². The van der Waals surface area contributed by atoms with Crippen LogP contribution in [0.1, 0.15) is 27.2 Å². The average molecular weight is 258 g/mol. The van der Waals surface area contributed by atoms with Crippen molar-refractivity contribution in [1.29, 1.82) is 0 Å². The van der Waals surface area contributed by atoms with Gasteiger partial charge < -0.3 is 11.1 Å². The van der Waals surface area contributed by atoms with E-state index < -0.39 is 0 Å². The highest BCUT2D eigenvalue weighted by Gasteiger charge is 2.16. The third kappa shape index (κ3) is 2.87. The molecule has 3 nitrogen and oxygen atoms in total. The lowest BCUT2D eigenvalue weighted by atomic mass is 10.0. The first-order valence-corrected chi connectivity index (χ1v) is 5.43. The molecule has 1 heterocycles. The van der Waals surface area contributed by atoms with Crippen LogP contribution in [0.25, 0.3) is 0 Å². The third-order valence-electron chi connectivity index (χ3n) is 2.20. The number of nitrogens with zero attached hydrogens (tertiary/aromatic N) is 1. The van der Waals surface area contributed by atoms with Gasteiger partial charge in [-0.3, -0.25) is 0 Å². The van der Waals surface area contributed by atoms with Crippen LogP contribution in [0.15, 0.2) is 16.7 Å². The van der Waals surface area contributed by atoms with Crippen molar-refractivity contribution < 1.29 is 0 Å². The maximum atomic E-state index is 5.60. The van der Waals surface area contributed by atoms with Crippen LogP contribution in [0, 0.1) is 0 Å². The number of hydrogen-bond donors (Lipinski definition) is 2. The van der Waals surface area contributed by atoms with Crippen molar-refractivity contribution in [2.75, 3.05) is 11.1 Å². The van der Waals surface area contributed by atoms with Gasteiger partial charge in [0.15, 0.2) is 0 Å². The Hall–Kier alpha value is -0.770. The zero-order chi connectivity index (χ0) is 10.8. The first-order valence-electron chi connectivity index (χ1n) is 4.64. The molecule has 0 spiro atoms. The second kappa shape index (κ2) is 4.17. The zero-order valence-corrected chi connectivity index (χ0v) is 10.4. The van der Waals surface area contributed by atoms with Crippen LogP contribution in [-0.4, -0.2) is 10.5 Å². The highest BCUT2D eigenvalue weighted by molar-refractivity contribution is 9.10. The quantitative estimate of drug-likeness (QED) is 0.876. The Morgan fingerprint density at radius 2 is 2.21 bits per heavy atom. The molecule has 1 rings (SSSR count). The van der Waals surface area contributed by atoms with Gasteiger partial charge in [0, 0.05) is 5.54 Å². The van der Waals surface area contributed by atoms with Gasteiger partial charge in [-0.2, -0.15) is 0 Å². The third-order valence-corrected chi connectivity index (χ3v) is 2.81. The summed E-state index contributed by atoms with van der Waals surface area (Å²) in [7, 11) is 0. The largest absolute Gasteiger partial charge is 0.397 e. The molecule has 1 aromatic rings. The maximum absolute atomic E-state index is 5.60. The standard InChI is InChI=1S/C10H16BrN3/c1-4-10(2,3)14-9-8(11)5-7(12)6-13-9/h5-6H,4,12H2,1-3H3,(H,13,14). The fourth-order valence-corrected chi connectivity index (χ4v) is 1.42. The van der Waals surface area contributed by atoms with Crippen molar-refractivity contribution >= 4 is 27.4 Å². The molecule has 0 aliphatic rings. The minimum atomic E-state index is 0.0473. The first kappa shape index (κ1) is 11.3. The Bertz CT molecular complexity index is 323. The molecule has 1 aromatic heterocycles.